The minimum atomic E-state index is 0.413. The van der Waals surface area contributed by atoms with E-state index in [4.69, 9.17) is 10.6 Å². The smallest absolute Gasteiger partial charge is 0.116 e. The molecule has 1 saturated heterocycles. The van der Waals surface area contributed by atoms with Crippen molar-refractivity contribution in [1.29, 1.82) is 0 Å². The SMILES string of the molecule is NNC(=NC1CC1)C1CCOC1. The maximum Gasteiger partial charge on any atom is 0.116 e. The summed E-state index contributed by atoms with van der Waals surface area (Å²) >= 11 is 0. The van der Waals surface area contributed by atoms with Crippen molar-refractivity contribution < 1.29 is 4.74 Å². The predicted octanol–water partition coefficient (Wildman–Crippen LogP) is 0.0471. The van der Waals surface area contributed by atoms with Gasteiger partial charge in [0, 0.05) is 12.5 Å². The monoisotopic (exact) mass is 169 g/mol. The van der Waals surface area contributed by atoms with E-state index in [0.717, 1.165) is 25.5 Å². The van der Waals surface area contributed by atoms with Gasteiger partial charge in [0.25, 0.3) is 0 Å². The second kappa shape index (κ2) is 3.41. The van der Waals surface area contributed by atoms with Crippen molar-refractivity contribution in [3.63, 3.8) is 0 Å². The van der Waals surface area contributed by atoms with Gasteiger partial charge in [-0.15, -0.1) is 0 Å². The average molecular weight is 169 g/mol. The van der Waals surface area contributed by atoms with Gasteiger partial charge in [-0.05, 0) is 19.3 Å². The van der Waals surface area contributed by atoms with Crippen LogP contribution in [0.5, 0.6) is 0 Å². The van der Waals surface area contributed by atoms with Crippen LogP contribution in [-0.2, 0) is 4.74 Å². The molecular formula is C8H15N3O. The molecular weight excluding hydrogens is 154 g/mol. The molecule has 0 aromatic rings. The summed E-state index contributed by atoms with van der Waals surface area (Å²) in [6, 6.07) is 0.539. The molecule has 0 radical (unpaired) electrons. The highest BCUT2D eigenvalue weighted by molar-refractivity contribution is 5.84. The number of hydrazine groups is 1. The highest BCUT2D eigenvalue weighted by atomic mass is 16.5. The highest BCUT2D eigenvalue weighted by Crippen LogP contribution is 2.25. The molecule has 3 N–H and O–H groups in total. The van der Waals surface area contributed by atoms with Gasteiger partial charge in [0.15, 0.2) is 0 Å². The lowest BCUT2D eigenvalue weighted by atomic mass is 10.1. The zero-order chi connectivity index (χ0) is 8.39. The van der Waals surface area contributed by atoms with Gasteiger partial charge in [-0.1, -0.05) is 0 Å². The van der Waals surface area contributed by atoms with E-state index in [2.05, 4.69) is 10.4 Å². The normalized spacial score (nSPS) is 30.8. The maximum absolute atomic E-state index is 5.39. The number of amidine groups is 1. The Bertz CT molecular complexity index is 183. The van der Waals surface area contributed by atoms with Gasteiger partial charge in [0.2, 0.25) is 0 Å². The number of nitrogens with one attached hydrogen (secondary N) is 1. The minimum Gasteiger partial charge on any atom is -0.381 e. The summed E-state index contributed by atoms with van der Waals surface area (Å²) in [5.74, 6) is 6.74. The van der Waals surface area contributed by atoms with E-state index in [1.54, 1.807) is 0 Å². The molecule has 1 heterocycles. The van der Waals surface area contributed by atoms with E-state index in [1.807, 2.05) is 0 Å². The molecule has 12 heavy (non-hydrogen) atoms. The van der Waals surface area contributed by atoms with Crippen LogP contribution in [0.15, 0.2) is 4.99 Å². The van der Waals surface area contributed by atoms with Gasteiger partial charge in [-0.3, -0.25) is 4.99 Å². The van der Waals surface area contributed by atoms with Crippen LogP contribution >= 0.6 is 0 Å². The van der Waals surface area contributed by atoms with Crippen molar-refractivity contribution in [1.82, 2.24) is 5.43 Å². The first-order valence-electron chi connectivity index (χ1n) is 4.52. The van der Waals surface area contributed by atoms with Gasteiger partial charge in [-0.2, -0.15) is 0 Å². The molecule has 1 aliphatic heterocycles. The van der Waals surface area contributed by atoms with Crippen molar-refractivity contribution in [3.8, 4) is 0 Å². The molecule has 4 nitrogen and oxygen atoms in total. The summed E-state index contributed by atoms with van der Waals surface area (Å²) in [7, 11) is 0. The summed E-state index contributed by atoms with van der Waals surface area (Å²) in [6.45, 7) is 1.62. The summed E-state index contributed by atoms with van der Waals surface area (Å²) < 4.78 is 5.27. The van der Waals surface area contributed by atoms with Crippen LogP contribution < -0.4 is 11.3 Å². The fourth-order valence-corrected chi connectivity index (χ4v) is 1.41. The van der Waals surface area contributed by atoms with Crippen LogP contribution in [0.25, 0.3) is 0 Å². The van der Waals surface area contributed by atoms with Gasteiger partial charge in [-0.25, -0.2) is 5.84 Å². The molecule has 2 aliphatic rings. The number of ether oxygens (including phenoxy) is 1. The van der Waals surface area contributed by atoms with E-state index in [1.165, 1.54) is 12.8 Å². The summed E-state index contributed by atoms with van der Waals surface area (Å²) in [4.78, 5) is 4.49. The Hall–Kier alpha value is -0.610. The summed E-state index contributed by atoms with van der Waals surface area (Å²) in [5.41, 5.74) is 2.69. The molecule has 4 heteroatoms. The van der Waals surface area contributed by atoms with Crippen molar-refractivity contribution in [2.24, 2.45) is 16.8 Å². The third-order valence-electron chi connectivity index (χ3n) is 2.33. The Morgan fingerprint density at radius 1 is 1.42 bits per heavy atom. The molecule has 0 bridgehead atoms. The Labute approximate surface area is 72.2 Å². The first kappa shape index (κ1) is 8.01. The number of nitrogens with zero attached hydrogens (tertiary/aromatic N) is 1. The van der Waals surface area contributed by atoms with E-state index in [9.17, 15) is 0 Å². The molecule has 68 valence electrons. The number of rotatable bonds is 2. The highest BCUT2D eigenvalue weighted by Gasteiger charge is 2.26. The molecule has 0 aromatic heterocycles. The van der Waals surface area contributed by atoms with Gasteiger partial charge in [0.05, 0.1) is 12.6 Å². The average Bonchev–Trinajstić information content (AvgIpc) is 2.74. The largest absolute Gasteiger partial charge is 0.381 e. The van der Waals surface area contributed by atoms with Crippen LogP contribution in [0.1, 0.15) is 19.3 Å². The van der Waals surface area contributed by atoms with Crippen LogP contribution in [0.4, 0.5) is 0 Å². The zero-order valence-corrected chi connectivity index (χ0v) is 7.12. The second-order valence-electron chi connectivity index (χ2n) is 3.45. The van der Waals surface area contributed by atoms with Crippen molar-refractivity contribution in [3.05, 3.63) is 0 Å². The molecule has 2 fully saturated rings. The standard InChI is InChI=1S/C8H15N3O/c9-11-8(10-7-1-2-7)6-3-4-12-5-6/h6-7H,1-5,9H2,(H,10,11). The van der Waals surface area contributed by atoms with Crippen LogP contribution in [0.3, 0.4) is 0 Å². The van der Waals surface area contributed by atoms with Crippen LogP contribution in [0, 0.1) is 5.92 Å². The lowest BCUT2D eigenvalue weighted by Gasteiger charge is -2.10. The van der Waals surface area contributed by atoms with Crippen molar-refractivity contribution in [2.75, 3.05) is 13.2 Å². The Morgan fingerprint density at radius 2 is 2.25 bits per heavy atom. The van der Waals surface area contributed by atoms with Crippen molar-refractivity contribution >= 4 is 5.84 Å². The molecule has 1 saturated carbocycles. The maximum atomic E-state index is 5.39. The lowest BCUT2D eigenvalue weighted by Crippen LogP contribution is -2.36. The molecule has 1 atom stereocenters. The molecule has 0 amide bonds. The van der Waals surface area contributed by atoms with E-state index in [0.29, 0.717) is 12.0 Å². The van der Waals surface area contributed by atoms with Gasteiger partial charge < -0.3 is 10.2 Å². The summed E-state index contributed by atoms with van der Waals surface area (Å²) in [6.07, 6.45) is 3.49. The number of aliphatic imine (C=N–C) groups is 1. The fraction of sp³-hybridized carbons (Fsp3) is 0.875. The molecule has 2 rings (SSSR count). The van der Waals surface area contributed by atoms with Crippen LogP contribution in [0.2, 0.25) is 0 Å². The van der Waals surface area contributed by atoms with Gasteiger partial charge in [0.1, 0.15) is 5.84 Å². The topological polar surface area (TPSA) is 59.6 Å². The Morgan fingerprint density at radius 3 is 2.75 bits per heavy atom. The quantitative estimate of drug-likeness (QED) is 0.266. The molecule has 1 unspecified atom stereocenters. The number of nitrogens with two attached hydrogens (primary N) is 1. The first-order chi connectivity index (χ1) is 5.90. The zero-order valence-electron chi connectivity index (χ0n) is 7.12. The van der Waals surface area contributed by atoms with E-state index >= 15 is 0 Å². The predicted molar refractivity (Wildman–Crippen MR) is 46.7 cm³/mol. The van der Waals surface area contributed by atoms with Crippen LogP contribution in [-0.4, -0.2) is 25.1 Å². The van der Waals surface area contributed by atoms with Crippen molar-refractivity contribution in [2.45, 2.75) is 25.3 Å². The van der Waals surface area contributed by atoms with E-state index < -0.39 is 0 Å². The Balaban J connectivity index is 1.95. The third-order valence-corrected chi connectivity index (χ3v) is 2.33. The Kier molecular flexibility index (Phi) is 2.28. The van der Waals surface area contributed by atoms with E-state index in [-0.39, 0.29) is 0 Å². The molecule has 0 aromatic carbocycles. The summed E-state index contributed by atoms with van der Waals surface area (Å²) in [5, 5.41) is 0. The first-order valence-corrected chi connectivity index (χ1v) is 4.52. The lowest BCUT2D eigenvalue weighted by molar-refractivity contribution is 0.192. The molecule has 0 spiro atoms. The minimum absolute atomic E-state index is 0.413. The third kappa shape index (κ3) is 1.76. The van der Waals surface area contributed by atoms with Gasteiger partial charge >= 0.3 is 0 Å². The number of hydrogen-bond donors (Lipinski definition) is 2. The fourth-order valence-electron chi connectivity index (χ4n) is 1.41. The molecule has 1 aliphatic carbocycles. The second-order valence-corrected chi connectivity index (χ2v) is 3.45. The number of hydrogen-bond acceptors (Lipinski definition) is 3.